The van der Waals surface area contributed by atoms with Gasteiger partial charge >= 0.3 is 11.9 Å². The highest BCUT2D eigenvalue weighted by Gasteiger charge is 2.52. The molecule has 0 radical (unpaired) electrons. The summed E-state index contributed by atoms with van der Waals surface area (Å²) in [5.41, 5.74) is 0.162. The Labute approximate surface area is 111 Å². The second kappa shape index (κ2) is 4.37. The molecular formula is C15H16O4. The minimum Gasteiger partial charge on any atom is -0.481 e. The summed E-state index contributed by atoms with van der Waals surface area (Å²) in [7, 11) is 0. The number of benzene rings is 1. The quantitative estimate of drug-likeness (QED) is 0.788. The van der Waals surface area contributed by atoms with Crippen molar-refractivity contribution in [2.24, 2.45) is 0 Å². The fourth-order valence-corrected chi connectivity index (χ4v) is 3.42. The molecule has 1 heterocycles. The molecule has 3 rings (SSSR count). The SMILES string of the molecule is O=C1OC2(CCCCC2)[C@@H](C(=O)O)c2ccccc21. The van der Waals surface area contributed by atoms with Crippen molar-refractivity contribution in [1.29, 1.82) is 0 Å². The molecule has 0 bridgehead atoms. The van der Waals surface area contributed by atoms with Crippen molar-refractivity contribution in [3.63, 3.8) is 0 Å². The Morgan fingerprint density at radius 3 is 2.58 bits per heavy atom. The Bertz CT molecular complexity index is 529. The first-order valence-corrected chi connectivity index (χ1v) is 6.69. The maximum absolute atomic E-state index is 12.1. The number of hydrogen-bond donors (Lipinski definition) is 1. The molecule has 0 aromatic heterocycles. The van der Waals surface area contributed by atoms with Gasteiger partial charge < -0.3 is 9.84 Å². The lowest BCUT2D eigenvalue weighted by Gasteiger charge is -2.44. The number of fused-ring (bicyclic) bond motifs is 1. The Morgan fingerprint density at radius 1 is 1.21 bits per heavy atom. The van der Waals surface area contributed by atoms with Gasteiger partial charge in [0.1, 0.15) is 11.5 Å². The average Bonchev–Trinajstić information content (AvgIpc) is 2.39. The second-order valence-corrected chi connectivity index (χ2v) is 5.37. The molecule has 2 aliphatic rings. The largest absolute Gasteiger partial charge is 0.481 e. The number of carbonyl (C=O) groups excluding carboxylic acids is 1. The van der Waals surface area contributed by atoms with E-state index in [0.717, 1.165) is 19.3 Å². The van der Waals surface area contributed by atoms with Crippen LogP contribution in [-0.2, 0) is 9.53 Å². The molecule has 4 heteroatoms. The summed E-state index contributed by atoms with van der Waals surface area (Å²) < 4.78 is 5.60. The third kappa shape index (κ3) is 1.82. The van der Waals surface area contributed by atoms with Crippen molar-refractivity contribution < 1.29 is 19.4 Å². The van der Waals surface area contributed by atoms with Crippen LogP contribution in [0.15, 0.2) is 24.3 Å². The molecule has 0 amide bonds. The van der Waals surface area contributed by atoms with Crippen LogP contribution in [0.1, 0.15) is 53.9 Å². The number of esters is 1. The van der Waals surface area contributed by atoms with Crippen LogP contribution in [0.25, 0.3) is 0 Å². The predicted molar refractivity (Wildman–Crippen MR) is 68.1 cm³/mol. The number of ether oxygens (including phenoxy) is 1. The highest BCUT2D eigenvalue weighted by molar-refractivity contribution is 5.96. The zero-order chi connectivity index (χ0) is 13.5. The molecule has 1 aliphatic carbocycles. The van der Waals surface area contributed by atoms with Gasteiger partial charge in [0.2, 0.25) is 0 Å². The molecule has 4 nitrogen and oxygen atoms in total. The van der Waals surface area contributed by atoms with E-state index in [9.17, 15) is 14.7 Å². The lowest BCUT2D eigenvalue weighted by atomic mass is 9.70. The van der Waals surface area contributed by atoms with Crippen molar-refractivity contribution in [2.75, 3.05) is 0 Å². The lowest BCUT2D eigenvalue weighted by molar-refractivity contribution is -0.149. The maximum Gasteiger partial charge on any atom is 0.339 e. The zero-order valence-corrected chi connectivity index (χ0v) is 10.6. The number of rotatable bonds is 1. The van der Waals surface area contributed by atoms with Gasteiger partial charge in [0, 0.05) is 0 Å². The third-order valence-electron chi connectivity index (χ3n) is 4.26. The van der Waals surface area contributed by atoms with Crippen LogP contribution >= 0.6 is 0 Å². The van der Waals surface area contributed by atoms with Gasteiger partial charge in [-0.3, -0.25) is 4.79 Å². The average molecular weight is 260 g/mol. The van der Waals surface area contributed by atoms with Crippen LogP contribution in [0.4, 0.5) is 0 Å². The number of carbonyl (C=O) groups is 2. The van der Waals surface area contributed by atoms with Gasteiger partial charge in [-0.15, -0.1) is 0 Å². The Kier molecular flexibility index (Phi) is 2.81. The topological polar surface area (TPSA) is 63.6 Å². The Hall–Kier alpha value is -1.84. The van der Waals surface area contributed by atoms with Gasteiger partial charge in [0.05, 0.1) is 5.56 Å². The summed E-state index contributed by atoms with van der Waals surface area (Å²) in [6, 6.07) is 6.90. The van der Waals surface area contributed by atoms with Gasteiger partial charge in [0.15, 0.2) is 0 Å². The molecule has 1 aromatic rings. The van der Waals surface area contributed by atoms with E-state index in [4.69, 9.17) is 4.74 Å². The number of aliphatic carboxylic acids is 1. The summed E-state index contributed by atoms with van der Waals surface area (Å²) in [5, 5.41) is 9.60. The fraction of sp³-hybridized carbons (Fsp3) is 0.467. The van der Waals surface area contributed by atoms with Crippen molar-refractivity contribution in [3.8, 4) is 0 Å². The van der Waals surface area contributed by atoms with Gasteiger partial charge in [-0.1, -0.05) is 24.6 Å². The molecule has 1 saturated carbocycles. The summed E-state index contributed by atoms with van der Waals surface area (Å²) in [5.74, 6) is -2.02. The number of hydrogen-bond acceptors (Lipinski definition) is 3. The van der Waals surface area contributed by atoms with Gasteiger partial charge in [0.25, 0.3) is 0 Å². The molecule has 0 saturated heterocycles. The van der Waals surface area contributed by atoms with E-state index in [2.05, 4.69) is 0 Å². The van der Waals surface area contributed by atoms with E-state index >= 15 is 0 Å². The molecule has 100 valence electrons. The van der Waals surface area contributed by atoms with E-state index in [-0.39, 0.29) is 5.97 Å². The Morgan fingerprint density at radius 2 is 1.89 bits per heavy atom. The van der Waals surface area contributed by atoms with Crippen molar-refractivity contribution in [2.45, 2.75) is 43.6 Å². The molecule has 1 fully saturated rings. The predicted octanol–water partition coefficient (Wildman–Crippen LogP) is 2.73. The summed E-state index contributed by atoms with van der Waals surface area (Å²) >= 11 is 0. The zero-order valence-electron chi connectivity index (χ0n) is 10.6. The minimum absolute atomic E-state index is 0.380. The first-order chi connectivity index (χ1) is 9.14. The van der Waals surface area contributed by atoms with E-state index in [1.165, 1.54) is 0 Å². The molecule has 19 heavy (non-hydrogen) atoms. The number of carboxylic acid groups (broad SMARTS) is 1. The van der Waals surface area contributed by atoms with Crippen molar-refractivity contribution in [3.05, 3.63) is 35.4 Å². The maximum atomic E-state index is 12.1. The Balaban J connectivity index is 2.13. The molecular weight excluding hydrogens is 244 g/mol. The standard InChI is InChI=1S/C15H16O4/c16-13(17)12-10-6-2-3-7-11(10)14(18)19-15(12)8-4-1-5-9-15/h2-3,6-7,12H,1,4-5,8-9H2,(H,16,17)/t12-/m1/s1. The first kappa shape index (κ1) is 12.2. The highest BCUT2D eigenvalue weighted by atomic mass is 16.6. The van der Waals surface area contributed by atoms with E-state index in [1.807, 2.05) is 0 Å². The smallest absolute Gasteiger partial charge is 0.339 e. The van der Waals surface area contributed by atoms with Crippen molar-refractivity contribution >= 4 is 11.9 Å². The second-order valence-electron chi connectivity index (χ2n) is 5.37. The molecule has 1 aromatic carbocycles. The summed E-state index contributed by atoms with van der Waals surface area (Å²) in [6.07, 6.45) is 4.19. The minimum atomic E-state index is -0.901. The third-order valence-corrected chi connectivity index (χ3v) is 4.26. The van der Waals surface area contributed by atoms with Crippen LogP contribution in [0.2, 0.25) is 0 Å². The summed E-state index contributed by atoms with van der Waals surface area (Å²) in [4.78, 5) is 23.8. The van der Waals surface area contributed by atoms with Crippen molar-refractivity contribution in [1.82, 2.24) is 0 Å². The van der Waals surface area contributed by atoms with Gasteiger partial charge in [-0.25, -0.2) is 4.79 Å². The monoisotopic (exact) mass is 260 g/mol. The molecule has 1 atom stereocenters. The lowest BCUT2D eigenvalue weighted by Crippen LogP contribution is -2.49. The van der Waals surface area contributed by atoms with Crippen LogP contribution in [0.5, 0.6) is 0 Å². The molecule has 1 spiro atoms. The van der Waals surface area contributed by atoms with E-state index < -0.39 is 17.5 Å². The fourth-order valence-electron chi connectivity index (χ4n) is 3.42. The van der Waals surface area contributed by atoms with E-state index in [0.29, 0.717) is 24.0 Å². The van der Waals surface area contributed by atoms with E-state index in [1.54, 1.807) is 24.3 Å². The highest BCUT2D eigenvalue weighted by Crippen LogP contribution is 2.47. The van der Waals surface area contributed by atoms with Crippen LogP contribution < -0.4 is 0 Å². The molecule has 1 N–H and O–H groups in total. The first-order valence-electron chi connectivity index (χ1n) is 6.69. The summed E-state index contributed by atoms with van der Waals surface area (Å²) in [6.45, 7) is 0. The van der Waals surface area contributed by atoms with Crippen LogP contribution in [0, 0.1) is 0 Å². The van der Waals surface area contributed by atoms with Crippen LogP contribution in [0.3, 0.4) is 0 Å². The van der Waals surface area contributed by atoms with Gasteiger partial charge in [-0.2, -0.15) is 0 Å². The molecule has 1 aliphatic heterocycles. The number of carboxylic acids is 1. The normalized spacial score (nSPS) is 24.6. The van der Waals surface area contributed by atoms with Gasteiger partial charge in [-0.05, 0) is 37.3 Å². The molecule has 0 unspecified atom stereocenters. The van der Waals surface area contributed by atoms with Crippen LogP contribution in [-0.4, -0.2) is 22.6 Å².